The number of nitrogens with one attached hydrogen (secondary N) is 1. The highest BCUT2D eigenvalue weighted by molar-refractivity contribution is 6.35. The van der Waals surface area contributed by atoms with Crippen LogP contribution in [0.3, 0.4) is 0 Å². The fourth-order valence-corrected chi connectivity index (χ4v) is 5.30. The van der Waals surface area contributed by atoms with Gasteiger partial charge in [-0.25, -0.2) is 0 Å². The van der Waals surface area contributed by atoms with Crippen molar-refractivity contribution in [3.63, 3.8) is 0 Å². The zero-order valence-corrected chi connectivity index (χ0v) is 24.1. The van der Waals surface area contributed by atoms with E-state index in [0.29, 0.717) is 48.9 Å². The van der Waals surface area contributed by atoms with Crippen molar-refractivity contribution in [1.82, 2.24) is 15.1 Å². The molecule has 0 radical (unpaired) electrons. The number of carboxylic acid groups (broad SMARTS) is 1. The molecule has 0 aliphatic carbocycles. The minimum atomic E-state index is -4.47. The molecule has 5 aromatic rings. The number of aromatic nitrogens is 2. The molecule has 0 fully saturated rings. The molecule has 1 aromatic heterocycles. The van der Waals surface area contributed by atoms with E-state index in [1.807, 2.05) is 19.1 Å². The number of fused-ring (bicyclic) bond motifs is 1. The van der Waals surface area contributed by atoms with E-state index in [1.165, 1.54) is 6.07 Å². The number of rotatable bonds is 8. The average molecular weight is 626 g/mol. The molecule has 1 atom stereocenters. The molecule has 0 saturated heterocycles. The van der Waals surface area contributed by atoms with E-state index < -0.39 is 23.6 Å². The van der Waals surface area contributed by atoms with E-state index in [-0.39, 0.29) is 19.0 Å². The smallest absolute Gasteiger partial charge is 0.416 e. The average Bonchev–Trinajstić information content (AvgIpc) is 3.41. The Bertz CT molecular complexity index is 1820. The first kappa shape index (κ1) is 30.1. The standard InChI is InChI=1S/C32H24Cl2F3N3O3/c1-18(19-2-5-21(6-3-19)31(43)38-11-10-30(41)42)40-29(17-28(39-40)24-14-26(33)16-27(34)15-24)22-7-4-20-8-9-25(32(35,36)37)13-23(20)12-22/h2-9,12-18H,10-11H2,1H3,(H,38,43)(H,41,42). The summed E-state index contributed by atoms with van der Waals surface area (Å²) in [5.74, 6) is -1.40. The first-order valence-corrected chi connectivity index (χ1v) is 13.9. The predicted octanol–water partition coefficient (Wildman–Crippen LogP) is 8.51. The van der Waals surface area contributed by atoms with Crippen LogP contribution in [0.4, 0.5) is 13.2 Å². The first-order chi connectivity index (χ1) is 20.4. The number of amides is 1. The van der Waals surface area contributed by atoms with Crippen molar-refractivity contribution in [2.45, 2.75) is 25.6 Å². The summed E-state index contributed by atoms with van der Waals surface area (Å²) < 4.78 is 42.1. The Morgan fingerprint density at radius 3 is 2.21 bits per heavy atom. The van der Waals surface area contributed by atoms with Crippen LogP contribution in [0.25, 0.3) is 33.3 Å². The molecule has 11 heteroatoms. The third-order valence-electron chi connectivity index (χ3n) is 7.00. The number of halogens is 5. The van der Waals surface area contributed by atoms with Crippen LogP contribution in [0.1, 0.15) is 40.9 Å². The van der Waals surface area contributed by atoms with Gasteiger partial charge in [0.25, 0.3) is 5.91 Å². The van der Waals surface area contributed by atoms with Crippen molar-refractivity contribution in [2.24, 2.45) is 0 Å². The highest BCUT2D eigenvalue weighted by Crippen LogP contribution is 2.36. The summed E-state index contributed by atoms with van der Waals surface area (Å²) in [6.45, 7) is 1.92. The Kier molecular flexibility index (Phi) is 8.48. The highest BCUT2D eigenvalue weighted by Gasteiger charge is 2.30. The summed E-state index contributed by atoms with van der Waals surface area (Å²) in [6, 6.07) is 22.3. The van der Waals surface area contributed by atoms with Gasteiger partial charge in [-0.05, 0) is 77.9 Å². The molecule has 0 aliphatic rings. The fraction of sp³-hybridized carbons (Fsp3) is 0.156. The van der Waals surface area contributed by atoms with Gasteiger partial charge in [-0.3, -0.25) is 14.3 Å². The van der Waals surface area contributed by atoms with Crippen LogP contribution in [0.15, 0.2) is 84.9 Å². The Morgan fingerprint density at radius 2 is 1.56 bits per heavy atom. The van der Waals surface area contributed by atoms with Crippen LogP contribution in [-0.2, 0) is 11.0 Å². The van der Waals surface area contributed by atoms with Crippen LogP contribution >= 0.6 is 23.2 Å². The number of aliphatic carboxylic acids is 1. The molecule has 4 aromatic carbocycles. The minimum absolute atomic E-state index is 0.00941. The molecule has 43 heavy (non-hydrogen) atoms. The van der Waals surface area contributed by atoms with Gasteiger partial charge < -0.3 is 10.4 Å². The van der Waals surface area contributed by atoms with Gasteiger partial charge in [0.1, 0.15) is 0 Å². The molecule has 0 saturated carbocycles. The number of carboxylic acids is 1. The molecule has 2 N–H and O–H groups in total. The molecular formula is C32H24Cl2F3N3O3. The van der Waals surface area contributed by atoms with Crippen molar-refractivity contribution in [2.75, 3.05) is 6.54 Å². The summed E-state index contributed by atoms with van der Waals surface area (Å²) in [6.07, 6.45) is -4.66. The number of alkyl halides is 3. The molecule has 0 spiro atoms. The molecule has 1 amide bonds. The first-order valence-electron chi connectivity index (χ1n) is 13.2. The van der Waals surface area contributed by atoms with E-state index in [0.717, 1.165) is 17.7 Å². The third kappa shape index (κ3) is 6.84. The lowest BCUT2D eigenvalue weighted by Gasteiger charge is -2.17. The molecule has 0 aliphatic heterocycles. The zero-order chi connectivity index (χ0) is 30.9. The molecular weight excluding hydrogens is 602 g/mol. The van der Waals surface area contributed by atoms with Gasteiger partial charge in [0, 0.05) is 33.3 Å². The van der Waals surface area contributed by atoms with E-state index >= 15 is 0 Å². The summed E-state index contributed by atoms with van der Waals surface area (Å²) >= 11 is 12.5. The van der Waals surface area contributed by atoms with Gasteiger partial charge in [-0.1, -0.05) is 53.5 Å². The quantitative estimate of drug-likeness (QED) is 0.181. The third-order valence-corrected chi connectivity index (χ3v) is 7.44. The topological polar surface area (TPSA) is 84.2 Å². The maximum Gasteiger partial charge on any atom is 0.416 e. The Labute approximate surface area is 254 Å². The summed E-state index contributed by atoms with van der Waals surface area (Å²) in [4.78, 5) is 23.1. The van der Waals surface area contributed by atoms with E-state index in [1.54, 1.807) is 59.3 Å². The van der Waals surface area contributed by atoms with Gasteiger partial charge in [-0.15, -0.1) is 0 Å². The van der Waals surface area contributed by atoms with Crippen LogP contribution in [0.5, 0.6) is 0 Å². The summed E-state index contributed by atoms with van der Waals surface area (Å²) in [5, 5.41) is 18.2. The monoisotopic (exact) mass is 625 g/mol. The number of hydrogen-bond acceptors (Lipinski definition) is 3. The van der Waals surface area contributed by atoms with Crippen molar-refractivity contribution in [3.05, 3.63) is 112 Å². The number of nitrogens with zero attached hydrogens (tertiary/aromatic N) is 2. The van der Waals surface area contributed by atoms with E-state index in [2.05, 4.69) is 5.32 Å². The summed E-state index contributed by atoms with van der Waals surface area (Å²) in [5.41, 5.74) is 2.96. The van der Waals surface area contributed by atoms with Gasteiger partial charge in [-0.2, -0.15) is 18.3 Å². The lowest BCUT2D eigenvalue weighted by Crippen LogP contribution is -2.26. The predicted molar refractivity (Wildman–Crippen MR) is 160 cm³/mol. The Hall–Kier alpha value is -4.34. The molecule has 1 heterocycles. The van der Waals surface area contributed by atoms with Crippen molar-refractivity contribution >= 4 is 45.9 Å². The lowest BCUT2D eigenvalue weighted by molar-refractivity contribution is -0.138. The second-order valence-electron chi connectivity index (χ2n) is 9.99. The van der Waals surface area contributed by atoms with Crippen LogP contribution in [0, 0.1) is 0 Å². The Morgan fingerprint density at radius 1 is 0.884 bits per heavy atom. The number of carbonyl (C=O) groups is 2. The summed E-state index contributed by atoms with van der Waals surface area (Å²) in [7, 11) is 0. The number of carbonyl (C=O) groups excluding carboxylic acids is 1. The van der Waals surface area contributed by atoms with Gasteiger partial charge in [0.2, 0.25) is 0 Å². The van der Waals surface area contributed by atoms with Crippen molar-refractivity contribution < 1.29 is 27.9 Å². The van der Waals surface area contributed by atoms with Crippen molar-refractivity contribution in [1.29, 1.82) is 0 Å². The normalized spacial score (nSPS) is 12.3. The van der Waals surface area contributed by atoms with Crippen LogP contribution in [-0.4, -0.2) is 33.3 Å². The molecule has 5 rings (SSSR count). The largest absolute Gasteiger partial charge is 0.481 e. The molecule has 0 bridgehead atoms. The number of benzene rings is 4. The van der Waals surface area contributed by atoms with E-state index in [9.17, 15) is 22.8 Å². The number of hydrogen-bond donors (Lipinski definition) is 2. The Balaban J connectivity index is 1.55. The van der Waals surface area contributed by atoms with Gasteiger partial charge in [0.05, 0.1) is 29.4 Å². The lowest BCUT2D eigenvalue weighted by atomic mass is 10.0. The fourth-order valence-electron chi connectivity index (χ4n) is 4.77. The second kappa shape index (κ2) is 12.1. The molecule has 1 unspecified atom stereocenters. The maximum atomic E-state index is 13.4. The minimum Gasteiger partial charge on any atom is -0.481 e. The molecule has 220 valence electrons. The zero-order valence-electron chi connectivity index (χ0n) is 22.6. The van der Waals surface area contributed by atoms with Gasteiger partial charge in [0.15, 0.2) is 0 Å². The SMILES string of the molecule is CC(c1ccc(C(=O)NCCC(=O)O)cc1)n1nc(-c2cc(Cl)cc(Cl)c2)cc1-c1ccc2ccc(C(F)(F)F)cc2c1. The van der Waals surface area contributed by atoms with Crippen LogP contribution in [0.2, 0.25) is 10.0 Å². The van der Waals surface area contributed by atoms with Crippen molar-refractivity contribution in [3.8, 4) is 22.5 Å². The van der Waals surface area contributed by atoms with Gasteiger partial charge >= 0.3 is 12.1 Å². The molecule has 6 nitrogen and oxygen atoms in total. The highest BCUT2D eigenvalue weighted by atomic mass is 35.5. The maximum absolute atomic E-state index is 13.4. The second-order valence-corrected chi connectivity index (χ2v) is 10.9. The van der Waals surface area contributed by atoms with Crippen LogP contribution < -0.4 is 5.32 Å². The van der Waals surface area contributed by atoms with E-state index in [4.69, 9.17) is 33.4 Å².